The molecule has 9 aromatic carbocycles. The van der Waals surface area contributed by atoms with E-state index in [1.54, 1.807) is 0 Å². The zero-order valence-electron chi connectivity index (χ0n) is 27.9. The van der Waals surface area contributed by atoms with Gasteiger partial charge in [0.05, 0.1) is 0 Å². The molecule has 0 radical (unpaired) electrons. The highest BCUT2D eigenvalue weighted by Crippen LogP contribution is 2.53. The van der Waals surface area contributed by atoms with Crippen LogP contribution in [0.5, 0.6) is 0 Å². The Hall–Kier alpha value is -6.77. The lowest BCUT2D eigenvalue weighted by Crippen LogP contribution is -1.97. The van der Waals surface area contributed by atoms with Crippen LogP contribution < -0.4 is 0 Å². The van der Waals surface area contributed by atoms with Crippen LogP contribution in [0, 0.1) is 0 Å². The van der Waals surface area contributed by atoms with Crippen molar-refractivity contribution in [1.82, 2.24) is 4.98 Å². The Morgan fingerprint density at radius 1 is 0.294 bits per heavy atom. The fraction of sp³-hybridized carbons (Fsp3) is 0. The molecular weight excluding hydrogens is 619 g/mol. The number of para-hydroxylation sites is 2. The summed E-state index contributed by atoms with van der Waals surface area (Å²) < 4.78 is 5.01. The summed E-state index contributed by atoms with van der Waals surface area (Å²) in [4.78, 5) is 3.95. The first-order valence-electron chi connectivity index (χ1n) is 17.3. The lowest BCUT2D eigenvalue weighted by molar-refractivity contribution is 0.602. The highest BCUT2D eigenvalue weighted by Gasteiger charge is 2.25. The maximum absolute atomic E-state index is 5.01. The molecule has 1 aromatic heterocycles. The van der Waals surface area contributed by atoms with Crippen molar-refractivity contribution in [2.24, 2.45) is 0 Å². The van der Waals surface area contributed by atoms with Gasteiger partial charge in [-0.25, -0.2) is 4.98 Å². The summed E-state index contributed by atoms with van der Waals surface area (Å²) in [5.74, 6) is 0. The Bertz CT molecular complexity index is 2420. The second-order valence-corrected chi connectivity index (χ2v) is 12.6. The highest BCUT2D eigenvalue weighted by molar-refractivity contribution is 6.33. The molecule has 0 saturated carbocycles. The van der Waals surface area contributed by atoms with Gasteiger partial charge in [-0.3, -0.25) is 0 Å². The Kier molecular flexibility index (Phi) is 7.88. The van der Waals surface area contributed by atoms with Crippen molar-refractivity contribution in [3.63, 3.8) is 0 Å². The Balaban J connectivity index is 0.000000335. The van der Waals surface area contributed by atoms with Gasteiger partial charge >= 0.3 is 0 Å². The van der Waals surface area contributed by atoms with E-state index < -0.39 is 0 Å². The van der Waals surface area contributed by atoms with Gasteiger partial charge in [0.1, 0.15) is 5.52 Å². The average molecular weight is 652 g/mol. The van der Waals surface area contributed by atoms with Crippen LogP contribution >= 0.6 is 0 Å². The maximum Gasteiger partial charge on any atom is 0.181 e. The van der Waals surface area contributed by atoms with Gasteiger partial charge in [-0.15, -0.1) is 0 Å². The molecule has 2 heteroatoms. The smallest absolute Gasteiger partial charge is 0.181 e. The molecule has 0 fully saturated rings. The van der Waals surface area contributed by atoms with Crippen LogP contribution in [0.3, 0.4) is 0 Å². The zero-order valence-corrected chi connectivity index (χ0v) is 27.9. The highest BCUT2D eigenvalue weighted by atomic mass is 16.3. The van der Waals surface area contributed by atoms with E-state index in [0.717, 1.165) is 11.1 Å². The Morgan fingerprint density at radius 2 is 0.588 bits per heavy atom. The molecule has 0 aliphatic rings. The summed E-state index contributed by atoms with van der Waals surface area (Å²) in [5.41, 5.74) is 11.8. The first kappa shape index (κ1) is 30.3. The van der Waals surface area contributed by atoms with E-state index in [1.807, 2.05) is 24.3 Å². The quantitative estimate of drug-likeness (QED) is 0.177. The molecule has 10 rings (SSSR count). The molecule has 0 amide bonds. The predicted molar refractivity (Wildman–Crippen MR) is 215 cm³/mol. The number of hydrogen-bond donors (Lipinski definition) is 0. The fourth-order valence-corrected chi connectivity index (χ4v) is 7.55. The van der Waals surface area contributed by atoms with Crippen molar-refractivity contribution in [2.45, 2.75) is 0 Å². The van der Waals surface area contributed by atoms with Gasteiger partial charge in [0, 0.05) is 0 Å². The number of benzene rings is 9. The summed E-state index contributed by atoms with van der Waals surface area (Å²) in [7, 11) is 0. The first-order chi connectivity index (χ1) is 25.4. The number of hydrogen-bond acceptors (Lipinski definition) is 2. The van der Waals surface area contributed by atoms with Crippen LogP contribution in [-0.4, -0.2) is 4.98 Å². The van der Waals surface area contributed by atoms with Crippen LogP contribution in [0.15, 0.2) is 205 Å². The van der Waals surface area contributed by atoms with Gasteiger partial charge in [0.15, 0.2) is 12.0 Å². The van der Waals surface area contributed by atoms with E-state index in [2.05, 4.69) is 175 Å². The van der Waals surface area contributed by atoms with Crippen molar-refractivity contribution in [3.8, 4) is 44.5 Å². The SMILES string of the molecule is c1ccc(-c2c3ccccc3c(-c3ccccc3)c3c(-c4ccccc4)c4ccccc4c(-c4ccccc4)c23)cc1.c1ccc2ocnc2c1. The third-order valence-corrected chi connectivity index (χ3v) is 9.67. The van der Waals surface area contributed by atoms with Crippen LogP contribution in [0.2, 0.25) is 0 Å². The lowest BCUT2D eigenvalue weighted by Gasteiger charge is -2.25. The van der Waals surface area contributed by atoms with Crippen LogP contribution in [0.1, 0.15) is 0 Å². The molecule has 0 unspecified atom stereocenters. The minimum absolute atomic E-state index is 0.845. The van der Waals surface area contributed by atoms with E-state index in [0.29, 0.717) is 0 Å². The number of aromatic nitrogens is 1. The summed E-state index contributed by atoms with van der Waals surface area (Å²) in [6.45, 7) is 0. The molecule has 0 spiro atoms. The summed E-state index contributed by atoms with van der Waals surface area (Å²) >= 11 is 0. The number of oxazole rings is 1. The molecule has 51 heavy (non-hydrogen) atoms. The normalized spacial score (nSPS) is 11.1. The molecule has 0 aliphatic heterocycles. The molecule has 0 atom stereocenters. The maximum atomic E-state index is 5.01. The summed E-state index contributed by atoms with van der Waals surface area (Å²) in [6, 6.07) is 69.3. The van der Waals surface area contributed by atoms with E-state index >= 15 is 0 Å². The monoisotopic (exact) mass is 651 g/mol. The van der Waals surface area contributed by atoms with Crippen molar-refractivity contribution in [1.29, 1.82) is 0 Å². The molecule has 0 bridgehead atoms. The van der Waals surface area contributed by atoms with Crippen molar-refractivity contribution >= 4 is 43.4 Å². The number of rotatable bonds is 4. The van der Waals surface area contributed by atoms with Gasteiger partial charge in [-0.05, 0) is 89.0 Å². The molecule has 2 nitrogen and oxygen atoms in total. The van der Waals surface area contributed by atoms with Gasteiger partial charge in [0.2, 0.25) is 0 Å². The minimum Gasteiger partial charge on any atom is -0.443 e. The topological polar surface area (TPSA) is 26.0 Å². The molecule has 10 aromatic rings. The van der Waals surface area contributed by atoms with E-state index in [1.165, 1.54) is 83.2 Å². The average Bonchev–Trinajstić information content (AvgIpc) is 3.70. The Labute approximate surface area is 296 Å². The van der Waals surface area contributed by atoms with Crippen molar-refractivity contribution in [3.05, 3.63) is 201 Å². The zero-order chi connectivity index (χ0) is 34.0. The van der Waals surface area contributed by atoms with E-state index in [9.17, 15) is 0 Å². The third kappa shape index (κ3) is 5.44. The van der Waals surface area contributed by atoms with Gasteiger partial charge in [0.25, 0.3) is 0 Å². The largest absolute Gasteiger partial charge is 0.443 e. The van der Waals surface area contributed by atoms with Crippen LogP contribution in [0.25, 0.3) is 87.9 Å². The van der Waals surface area contributed by atoms with Gasteiger partial charge in [-0.2, -0.15) is 0 Å². The second-order valence-electron chi connectivity index (χ2n) is 12.6. The molecule has 0 saturated heterocycles. The fourth-order valence-electron chi connectivity index (χ4n) is 7.55. The lowest BCUT2D eigenvalue weighted by atomic mass is 9.77. The van der Waals surface area contributed by atoms with Gasteiger partial charge in [-0.1, -0.05) is 182 Å². The second kappa shape index (κ2) is 13.3. The molecule has 240 valence electrons. The first-order valence-corrected chi connectivity index (χ1v) is 17.3. The number of nitrogens with zero attached hydrogens (tertiary/aromatic N) is 1. The van der Waals surface area contributed by atoms with E-state index in [-0.39, 0.29) is 0 Å². The third-order valence-electron chi connectivity index (χ3n) is 9.67. The summed E-state index contributed by atoms with van der Waals surface area (Å²) in [5, 5.41) is 7.65. The molecule has 0 N–H and O–H groups in total. The Morgan fingerprint density at radius 3 is 0.922 bits per heavy atom. The molecule has 1 heterocycles. The van der Waals surface area contributed by atoms with Crippen LogP contribution in [0.4, 0.5) is 0 Å². The van der Waals surface area contributed by atoms with Crippen molar-refractivity contribution in [2.75, 3.05) is 0 Å². The van der Waals surface area contributed by atoms with Gasteiger partial charge < -0.3 is 4.42 Å². The van der Waals surface area contributed by atoms with E-state index in [4.69, 9.17) is 4.42 Å². The number of fused-ring (bicyclic) bond motifs is 4. The van der Waals surface area contributed by atoms with Crippen molar-refractivity contribution < 1.29 is 4.42 Å². The minimum atomic E-state index is 0.845. The molecule has 0 aliphatic carbocycles. The standard InChI is InChI=1S/C42H28.C7H5NO/c1-5-17-29(18-6-1)37-33-25-13-14-26-34(33)39(31-21-9-3-10-22-31)42-40(32-23-11-4-12-24-32)36-28-16-15-27-35(36)38(41(37)42)30-19-7-2-8-20-30;1-2-4-7-6(3-1)8-5-9-7/h1-28H;1-5H. The predicted octanol–water partition coefficient (Wildman–Crippen LogP) is 13.6. The molecular formula is C49H33NO. The van der Waals surface area contributed by atoms with Crippen LogP contribution in [-0.2, 0) is 0 Å². The summed E-state index contributed by atoms with van der Waals surface area (Å²) in [6.07, 6.45) is 1.45.